The first-order valence-electron chi connectivity index (χ1n) is 4.32. The fourth-order valence-corrected chi connectivity index (χ4v) is 1.73. The molecule has 0 aromatic rings. The Morgan fingerprint density at radius 2 is 2.14 bits per heavy atom. The molecule has 0 spiro atoms. The fraction of sp³-hybridized carbons (Fsp3) is 0.857. The third-order valence-corrected chi connectivity index (χ3v) is 3.02. The first-order valence-corrected chi connectivity index (χ1v) is 5.97. The molecular formula is C7H16N2O4S. The van der Waals surface area contributed by atoms with Crippen LogP contribution in [0.2, 0.25) is 0 Å². The van der Waals surface area contributed by atoms with E-state index in [-0.39, 0.29) is 12.6 Å². The highest BCUT2D eigenvalue weighted by Crippen LogP contribution is 1.91. The predicted octanol–water partition coefficient (Wildman–Crippen LogP) is -0.882. The minimum Gasteiger partial charge on any atom is -0.481 e. The minimum atomic E-state index is -3.49. The third kappa shape index (κ3) is 6.81. The highest BCUT2D eigenvalue weighted by atomic mass is 32.2. The van der Waals surface area contributed by atoms with Gasteiger partial charge in [-0.05, 0) is 6.42 Å². The summed E-state index contributed by atoms with van der Waals surface area (Å²) in [6, 6.07) is -0.227. The fourth-order valence-electron chi connectivity index (χ4n) is 0.672. The molecule has 6 nitrogen and oxygen atoms in total. The summed E-state index contributed by atoms with van der Waals surface area (Å²) in [5.74, 6) is -1.53. The number of hydrogen-bond donors (Lipinski definition) is 3. The Morgan fingerprint density at radius 1 is 1.57 bits per heavy atom. The topological polar surface area (TPSA) is 109 Å². The van der Waals surface area contributed by atoms with Crippen LogP contribution in [0.3, 0.4) is 0 Å². The van der Waals surface area contributed by atoms with Crippen molar-refractivity contribution in [3.63, 3.8) is 0 Å². The largest absolute Gasteiger partial charge is 0.481 e. The van der Waals surface area contributed by atoms with Gasteiger partial charge in [-0.25, -0.2) is 13.1 Å². The van der Waals surface area contributed by atoms with Crippen molar-refractivity contribution >= 4 is 16.0 Å². The minimum absolute atomic E-state index is 0.151. The van der Waals surface area contributed by atoms with Crippen molar-refractivity contribution in [2.24, 2.45) is 5.73 Å². The van der Waals surface area contributed by atoms with Gasteiger partial charge in [0, 0.05) is 12.6 Å². The summed E-state index contributed by atoms with van der Waals surface area (Å²) in [6.07, 6.45) is 0.276. The van der Waals surface area contributed by atoms with Gasteiger partial charge in [-0.1, -0.05) is 6.92 Å². The summed E-state index contributed by atoms with van der Waals surface area (Å²) in [4.78, 5) is 10.1. The Morgan fingerprint density at radius 3 is 2.57 bits per heavy atom. The van der Waals surface area contributed by atoms with Crippen LogP contribution in [0, 0.1) is 0 Å². The van der Waals surface area contributed by atoms with Gasteiger partial charge in [0.05, 0.1) is 12.2 Å². The molecule has 0 fully saturated rings. The highest BCUT2D eigenvalue weighted by molar-refractivity contribution is 7.89. The van der Waals surface area contributed by atoms with Gasteiger partial charge in [0.25, 0.3) is 0 Å². The molecule has 84 valence electrons. The quantitative estimate of drug-likeness (QED) is 0.520. The molecule has 0 aromatic carbocycles. The Bertz CT molecular complexity index is 275. The van der Waals surface area contributed by atoms with Crippen molar-refractivity contribution in [3.8, 4) is 0 Å². The SMILES string of the molecule is CCC(N)CNS(=O)(=O)CCC(=O)O. The van der Waals surface area contributed by atoms with E-state index in [0.29, 0.717) is 6.42 Å². The molecule has 0 saturated carbocycles. The molecular weight excluding hydrogens is 208 g/mol. The van der Waals surface area contributed by atoms with Gasteiger partial charge in [0.2, 0.25) is 10.0 Å². The zero-order valence-electron chi connectivity index (χ0n) is 8.06. The molecule has 4 N–H and O–H groups in total. The molecule has 1 unspecified atom stereocenters. The third-order valence-electron chi connectivity index (χ3n) is 1.67. The molecule has 0 aliphatic rings. The molecule has 0 radical (unpaired) electrons. The lowest BCUT2D eigenvalue weighted by molar-refractivity contribution is -0.136. The second-order valence-corrected chi connectivity index (χ2v) is 4.91. The molecule has 0 aromatic heterocycles. The Labute approximate surface area is 83.5 Å². The Balaban J connectivity index is 3.90. The number of nitrogens with two attached hydrogens (primary N) is 1. The smallest absolute Gasteiger partial charge is 0.304 e. The molecule has 0 rings (SSSR count). The van der Waals surface area contributed by atoms with Gasteiger partial charge in [0.15, 0.2) is 0 Å². The molecule has 7 heteroatoms. The predicted molar refractivity (Wildman–Crippen MR) is 52.3 cm³/mol. The van der Waals surface area contributed by atoms with Crippen molar-refractivity contribution in [2.45, 2.75) is 25.8 Å². The monoisotopic (exact) mass is 224 g/mol. The van der Waals surface area contributed by atoms with Crippen molar-refractivity contribution < 1.29 is 18.3 Å². The van der Waals surface area contributed by atoms with Crippen LogP contribution in [0.5, 0.6) is 0 Å². The van der Waals surface area contributed by atoms with E-state index >= 15 is 0 Å². The van der Waals surface area contributed by atoms with Crippen LogP contribution in [0.4, 0.5) is 0 Å². The zero-order valence-corrected chi connectivity index (χ0v) is 8.88. The molecule has 1 atom stereocenters. The number of sulfonamides is 1. The van der Waals surface area contributed by atoms with E-state index in [1.165, 1.54) is 0 Å². The zero-order chi connectivity index (χ0) is 11.2. The Hall–Kier alpha value is -0.660. The number of carboxylic acids is 1. The van der Waals surface area contributed by atoms with Crippen molar-refractivity contribution in [3.05, 3.63) is 0 Å². The number of aliphatic carboxylic acids is 1. The summed E-state index contributed by atoms with van der Waals surface area (Å²) >= 11 is 0. The normalized spacial score (nSPS) is 13.9. The lowest BCUT2D eigenvalue weighted by atomic mass is 10.2. The summed E-state index contributed by atoms with van der Waals surface area (Å²) in [5.41, 5.74) is 5.49. The summed E-state index contributed by atoms with van der Waals surface area (Å²) < 4.78 is 24.5. The second-order valence-electron chi connectivity index (χ2n) is 2.98. The van der Waals surface area contributed by atoms with E-state index < -0.39 is 28.2 Å². The lowest BCUT2D eigenvalue weighted by Crippen LogP contribution is -2.38. The van der Waals surface area contributed by atoms with Crippen molar-refractivity contribution in [2.75, 3.05) is 12.3 Å². The van der Waals surface area contributed by atoms with E-state index in [1.54, 1.807) is 0 Å². The average molecular weight is 224 g/mol. The van der Waals surface area contributed by atoms with Crippen LogP contribution in [0.1, 0.15) is 19.8 Å². The maximum absolute atomic E-state index is 11.1. The molecule has 0 saturated heterocycles. The second kappa shape index (κ2) is 5.94. The maximum Gasteiger partial charge on any atom is 0.304 e. The Kier molecular flexibility index (Phi) is 5.66. The molecule has 0 aliphatic carbocycles. The first kappa shape index (κ1) is 13.3. The van der Waals surface area contributed by atoms with E-state index in [9.17, 15) is 13.2 Å². The lowest BCUT2D eigenvalue weighted by Gasteiger charge is -2.09. The molecule has 0 bridgehead atoms. The van der Waals surface area contributed by atoms with Gasteiger partial charge in [-0.3, -0.25) is 4.79 Å². The van der Waals surface area contributed by atoms with E-state index in [0.717, 1.165) is 0 Å². The van der Waals surface area contributed by atoms with Crippen LogP contribution in [-0.2, 0) is 14.8 Å². The molecule has 0 heterocycles. The van der Waals surface area contributed by atoms with Gasteiger partial charge in [-0.2, -0.15) is 0 Å². The number of rotatable bonds is 7. The van der Waals surface area contributed by atoms with E-state index in [4.69, 9.17) is 10.8 Å². The summed E-state index contributed by atoms with van der Waals surface area (Å²) in [7, 11) is -3.49. The van der Waals surface area contributed by atoms with Gasteiger partial charge < -0.3 is 10.8 Å². The number of nitrogens with one attached hydrogen (secondary N) is 1. The van der Waals surface area contributed by atoms with Crippen molar-refractivity contribution in [1.82, 2.24) is 4.72 Å². The highest BCUT2D eigenvalue weighted by Gasteiger charge is 2.13. The first-order chi connectivity index (χ1) is 6.37. The summed E-state index contributed by atoms with van der Waals surface area (Å²) in [6.45, 7) is 1.99. The number of carbonyl (C=O) groups is 1. The van der Waals surface area contributed by atoms with Crippen LogP contribution < -0.4 is 10.5 Å². The summed E-state index contributed by atoms with van der Waals surface area (Å²) in [5, 5.41) is 8.28. The standard InChI is InChI=1S/C7H16N2O4S/c1-2-6(8)5-9-14(12,13)4-3-7(10)11/h6,9H,2-5,8H2,1H3,(H,10,11). The van der Waals surface area contributed by atoms with E-state index in [2.05, 4.69) is 4.72 Å². The molecule has 0 amide bonds. The van der Waals surface area contributed by atoms with Crippen LogP contribution in [0.15, 0.2) is 0 Å². The van der Waals surface area contributed by atoms with Gasteiger partial charge in [0.1, 0.15) is 0 Å². The number of carboxylic acid groups (broad SMARTS) is 1. The van der Waals surface area contributed by atoms with Gasteiger partial charge in [-0.15, -0.1) is 0 Å². The van der Waals surface area contributed by atoms with Crippen LogP contribution >= 0.6 is 0 Å². The van der Waals surface area contributed by atoms with Gasteiger partial charge >= 0.3 is 5.97 Å². The van der Waals surface area contributed by atoms with E-state index in [1.807, 2.05) is 6.92 Å². The van der Waals surface area contributed by atoms with Crippen molar-refractivity contribution in [1.29, 1.82) is 0 Å². The van der Waals surface area contributed by atoms with Crippen LogP contribution in [-0.4, -0.2) is 37.8 Å². The molecule has 0 aliphatic heterocycles. The van der Waals surface area contributed by atoms with Crippen LogP contribution in [0.25, 0.3) is 0 Å². The number of hydrogen-bond acceptors (Lipinski definition) is 4. The maximum atomic E-state index is 11.1. The average Bonchev–Trinajstić information content (AvgIpc) is 2.11. The molecule has 14 heavy (non-hydrogen) atoms.